The van der Waals surface area contributed by atoms with Crippen LogP contribution in [-0.2, 0) is 24.0 Å². The molecule has 12 heteroatoms. The Morgan fingerprint density at radius 2 is 1.59 bits per heavy atom. The maximum atomic E-state index is 13.8. The second-order valence-corrected chi connectivity index (χ2v) is 13.2. The molecule has 0 aromatic carbocycles. The van der Waals surface area contributed by atoms with Gasteiger partial charge in [-0.2, -0.15) is 0 Å². The zero-order valence-electron chi connectivity index (χ0n) is 25.1. The van der Waals surface area contributed by atoms with Crippen molar-refractivity contribution >= 4 is 35.3 Å². The molecule has 12 nitrogen and oxygen atoms in total. The van der Waals surface area contributed by atoms with E-state index >= 15 is 0 Å². The van der Waals surface area contributed by atoms with Gasteiger partial charge in [-0.3, -0.25) is 24.0 Å². The first-order valence-electron chi connectivity index (χ1n) is 14.9. The molecule has 0 radical (unpaired) electrons. The van der Waals surface area contributed by atoms with Crippen molar-refractivity contribution < 1.29 is 33.9 Å². The number of urea groups is 1. The van der Waals surface area contributed by atoms with Crippen LogP contribution in [0.15, 0.2) is 0 Å². The standard InChI is InChI=1S/C29H47N5O7/c1-7-8-19(23(37)26(39)30-17-11-12-17)31-25(38)20-13-18(35)14-34(20)27(40)24(29(4,5)6)33-28(41)32-21(15(2)3)22(36)16-9-10-16/h15-21,24,35H,7-14H2,1-6H3,(H,30,39)(H,31,38)(H2,32,33,41)/t18?,19?,20-,21-,24+/m0/s1. The summed E-state index contributed by atoms with van der Waals surface area (Å²) in [5, 5.41) is 21.2. The van der Waals surface area contributed by atoms with E-state index in [1.165, 1.54) is 4.90 Å². The van der Waals surface area contributed by atoms with E-state index in [1.54, 1.807) is 20.8 Å². The monoisotopic (exact) mass is 577 g/mol. The van der Waals surface area contributed by atoms with Gasteiger partial charge in [0.1, 0.15) is 12.1 Å². The van der Waals surface area contributed by atoms with Gasteiger partial charge >= 0.3 is 6.03 Å². The number of nitrogens with one attached hydrogen (secondary N) is 4. The molecule has 3 rings (SSSR count). The molecule has 3 fully saturated rings. The molecule has 0 spiro atoms. The predicted molar refractivity (Wildman–Crippen MR) is 150 cm³/mol. The average molecular weight is 578 g/mol. The maximum Gasteiger partial charge on any atom is 0.316 e. The summed E-state index contributed by atoms with van der Waals surface area (Å²) < 4.78 is 0. The van der Waals surface area contributed by atoms with E-state index in [0.29, 0.717) is 6.42 Å². The van der Waals surface area contributed by atoms with Crippen LogP contribution in [0.5, 0.6) is 0 Å². The van der Waals surface area contributed by atoms with E-state index in [-0.39, 0.29) is 43.0 Å². The number of aliphatic hydroxyl groups is 1. The highest BCUT2D eigenvalue weighted by Crippen LogP contribution is 2.32. The van der Waals surface area contributed by atoms with E-state index in [0.717, 1.165) is 25.7 Å². The fourth-order valence-electron chi connectivity index (χ4n) is 5.09. The number of β-amino-alcohol motifs (C(OH)–C–C–N with tert-alkyl or cyclic N) is 1. The van der Waals surface area contributed by atoms with Gasteiger partial charge in [-0.15, -0.1) is 0 Å². The van der Waals surface area contributed by atoms with Gasteiger partial charge in [0.05, 0.1) is 18.2 Å². The number of rotatable bonds is 13. The highest BCUT2D eigenvalue weighted by atomic mass is 16.3. The Hall–Kier alpha value is -3.02. The summed E-state index contributed by atoms with van der Waals surface area (Å²) in [7, 11) is 0. The molecule has 2 unspecified atom stereocenters. The Balaban J connectivity index is 1.72. The van der Waals surface area contributed by atoms with Gasteiger partial charge in [-0.1, -0.05) is 48.0 Å². The minimum Gasteiger partial charge on any atom is -0.391 e. The lowest BCUT2D eigenvalue weighted by Crippen LogP contribution is -2.61. The molecule has 1 heterocycles. The quantitative estimate of drug-likeness (QED) is 0.201. The zero-order valence-corrected chi connectivity index (χ0v) is 25.1. The van der Waals surface area contributed by atoms with Crippen LogP contribution in [-0.4, -0.2) is 88.2 Å². The fourth-order valence-corrected chi connectivity index (χ4v) is 5.09. The third-order valence-electron chi connectivity index (χ3n) is 7.84. The molecule has 1 saturated heterocycles. The summed E-state index contributed by atoms with van der Waals surface area (Å²) in [5.74, 6) is -2.89. The van der Waals surface area contributed by atoms with Crippen molar-refractivity contribution in [3.8, 4) is 0 Å². The molecule has 3 aliphatic rings. The molecule has 230 valence electrons. The molecule has 0 aromatic rings. The Kier molecular flexibility index (Phi) is 10.5. The van der Waals surface area contributed by atoms with Crippen LogP contribution >= 0.6 is 0 Å². The minimum atomic E-state index is -1.09. The lowest BCUT2D eigenvalue weighted by molar-refractivity contribution is -0.144. The van der Waals surface area contributed by atoms with Crippen LogP contribution in [0.25, 0.3) is 0 Å². The second kappa shape index (κ2) is 13.3. The Morgan fingerprint density at radius 1 is 0.951 bits per heavy atom. The molecule has 41 heavy (non-hydrogen) atoms. The van der Waals surface area contributed by atoms with Crippen LogP contribution in [0, 0.1) is 17.3 Å². The number of carbonyl (C=O) groups is 6. The second-order valence-electron chi connectivity index (χ2n) is 13.2. The SMILES string of the molecule is CCCC(NC(=O)[C@@H]1CC(O)CN1C(=O)[C@@H](NC(=O)N[C@H](C(=O)C1CC1)C(C)C)C(C)(C)C)C(=O)C(=O)NC1CC1. The first-order valence-corrected chi connectivity index (χ1v) is 14.9. The van der Waals surface area contributed by atoms with E-state index in [4.69, 9.17) is 0 Å². The van der Waals surface area contributed by atoms with Crippen LogP contribution < -0.4 is 21.3 Å². The van der Waals surface area contributed by atoms with E-state index in [9.17, 15) is 33.9 Å². The Labute approximate surface area is 242 Å². The third-order valence-corrected chi connectivity index (χ3v) is 7.84. The molecule has 1 aliphatic heterocycles. The molecule has 0 bridgehead atoms. The van der Waals surface area contributed by atoms with Crippen LogP contribution in [0.3, 0.4) is 0 Å². The lowest BCUT2D eigenvalue weighted by atomic mass is 9.85. The number of aliphatic hydroxyl groups excluding tert-OH is 1. The summed E-state index contributed by atoms with van der Waals surface area (Å²) in [4.78, 5) is 79.3. The van der Waals surface area contributed by atoms with Gasteiger partial charge in [0, 0.05) is 24.9 Å². The zero-order chi connectivity index (χ0) is 30.6. The van der Waals surface area contributed by atoms with Crippen molar-refractivity contribution in [2.45, 2.75) is 123 Å². The first kappa shape index (κ1) is 32.5. The van der Waals surface area contributed by atoms with E-state index < -0.39 is 65.2 Å². The van der Waals surface area contributed by atoms with Crippen molar-refractivity contribution in [1.29, 1.82) is 0 Å². The third kappa shape index (κ3) is 8.73. The highest BCUT2D eigenvalue weighted by Gasteiger charge is 2.46. The van der Waals surface area contributed by atoms with Gasteiger partial charge < -0.3 is 31.3 Å². The normalized spacial score (nSPS) is 22.9. The van der Waals surface area contributed by atoms with E-state index in [2.05, 4.69) is 21.3 Å². The molecule has 5 amide bonds. The van der Waals surface area contributed by atoms with Crippen LogP contribution in [0.4, 0.5) is 4.79 Å². The minimum absolute atomic E-state index is 0.0100. The van der Waals surface area contributed by atoms with Gasteiger partial charge in [0.2, 0.25) is 17.6 Å². The molecular weight excluding hydrogens is 530 g/mol. The number of Topliss-reactive ketones (excluding diaryl/α,β-unsaturated/α-hetero) is 2. The molecule has 2 aliphatic carbocycles. The van der Waals surface area contributed by atoms with Gasteiger partial charge in [0.15, 0.2) is 5.78 Å². The van der Waals surface area contributed by atoms with Crippen molar-refractivity contribution in [2.75, 3.05) is 6.54 Å². The molecular formula is C29H47N5O7. The lowest BCUT2D eigenvalue weighted by Gasteiger charge is -2.36. The van der Waals surface area contributed by atoms with Gasteiger partial charge in [0.25, 0.3) is 5.91 Å². The maximum absolute atomic E-state index is 13.8. The number of carbonyl (C=O) groups excluding carboxylic acids is 6. The van der Waals surface area contributed by atoms with Gasteiger partial charge in [-0.05, 0) is 43.4 Å². The van der Waals surface area contributed by atoms with Crippen molar-refractivity contribution in [3.05, 3.63) is 0 Å². The summed E-state index contributed by atoms with van der Waals surface area (Å²) in [6.07, 6.45) is 3.00. The number of hydrogen-bond donors (Lipinski definition) is 5. The Morgan fingerprint density at radius 3 is 2.10 bits per heavy atom. The van der Waals surface area contributed by atoms with Crippen LogP contribution in [0.1, 0.15) is 86.5 Å². The number of amides is 5. The number of ketones is 2. The predicted octanol–water partition coefficient (Wildman–Crippen LogP) is 0.798. The largest absolute Gasteiger partial charge is 0.391 e. The summed E-state index contributed by atoms with van der Waals surface area (Å²) in [5.41, 5.74) is -0.779. The van der Waals surface area contributed by atoms with Crippen molar-refractivity contribution in [1.82, 2.24) is 26.2 Å². The summed E-state index contributed by atoms with van der Waals surface area (Å²) >= 11 is 0. The summed E-state index contributed by atoms with van der Waals surface area (Å²) in [6.45, 7) is 10.7. The van der Waals surface area contributed by atoms with Gasteiger partial charge in [-0.25, -0.2) is 4.79 Å². The molecule has 5 atom stereocenters. The molecule has 0 aromatic heterocycles. The number of likely N-dealkylation sites (tertiary alicyclic amines) is 1. The number of hydrogen-bond acceptors (Lipinski definition) is 7. The topological polar surface area (TPSA) is 174 Å². The number of nitrogens with zero attached hydrogens (tertiary/aromatic N) is 1. The average Bonchev–Trinajstić information content (AvgIpc) is 3.82. The smallest absolute Gasteiger partial charge is 0.316 e. The van der Waals surface area contributed by atoms with Crippen molar-refractivity contribution in [2.24, 2.45) is 17.3 Å². The van der Waals surface area contributed by atoms with Crippen molar-refractivity contribution in [3.63, 3.8) is 0 Å². The highest BCUT2D eigenvalue weighted by molar-refractivity contribution is 6.38. The molecule has 2 saturated carbocycles. The Bertz CT molecular complexity index is 1030. The first-order chi connectivity index (χ1) is 19.1. The summed E-state index contributed by atoms with van der Waals surface area (Å²) in [6, 6.07) is -4.59. The fraction of sp³-hybridized carbons (Fsp3) is 0.793. The molecule has 5 N–H and O–H groups in total. The van der Waals surface area contributed by atoms with Crippen LogP contribution in [0.2, 0.25) is 0 Å². The van der Waals surface area contributed by atoms with E-state index in [1.807, 2.05) is 20.8 Å².